The Labute approximate surface area is 213 Å². The zero-order valence-electron chi connectivity index (χ0n) is 21.1. The van der Waals surface area contributed by atoms with Crippen molar-refractivity contribution in [1.82, 2.24) is 5.32 Å². The van der Waals surface area contributed by atoms with E-state index in [1.54, 1.807) is 48.5 Å². The van der Waals surface area contributed by atoms with Crippen molar-refractivity contribution < 1.29 is 19.1 Å². The molecule has 0 aliphatic carbocycles. The summed E-state index contributed by atoms with van der Waals surface area (Å²) in [5, 5.41) is 2.96. The van der Waals surface area contributed by atoms with Gasteiger partial charge in [-0.1, -0.05) is 57.0 Å². The van der Waals surface area contributed by atoms with Crippen LogP contribution in [0.25, 0.3) is 0 Å². The monoisotopic (exact) mass is 488 g/mol. The summed E-state index contributed by atoms with van der Waals surface area (Å²) in [7, 11) is 0. The lowest BCUT2D eigenvalue weighted by molar-refractivity contribution is -0.126. The average molecular weight is 489 g/mol. The largest absolute Gasteiger partial charge is 0.457 e. The smallest absolute Gasteiger partial charge is 0.223 e. The predicted molar refractivity (Wildman–Crippen MR) is 143 cm³/mol. The maximum absolute atomic E-state index is 13.4. The number of Topliss-reactive ketones (excluding diaryl/α,β-unsaturated/α-hetero) is 1. The predicted octanol–water partition coefficient (Wildman–Crippen LogP) is 6.16. The van der Waals surface area contributed by atoms with E-state index >= 15 is 0 Å². The van der Waals surface area contributed by atoms with Gasteiger partial charge in [-0.15, -0.1) is 0 Å². The van der Waals surface area contributed by atoms with Gasteiger partial charge in [-0.3, -0.25) is 9.59 Å². The SMILES string of the molecule is CCCCC(CC)C(=O)NC(COCc1ccccc1)C(=O)c1ccc(Oc2ccc(N)cc2)cc1. The second-order valence-corrected chi connectivity index (χ2v) is 8.87. The van der Waals surface area contributed by atoms with Crippen molar-refractivity contribution in [3.63, 3.8) is 0 Å². The molecule has 6 nitrogen and oxygen atoms in total. The number of unbranched alkanes of at least 4 members (excludes halogenated alkanes) is 1. The number of ketones is 1. The van der Waals surface area contributed by atoms with Gasteiger partial charge in [0.1, 0.15) is 17.5 Å². The molecule has 0 bridgehead atoms. The third-order valence-electron chi connectivity index (χ3n) is 6.05. The topological polar surface area (TPSA) is 90.6 Å². The maximum atomic E-state index is 13.4. The molecule has 36 heavy (non-hydrogen) atoms. The highest BCUT2D eigenvalue weighted by molar-refractivity contribution is 6.02. The van der Waals surface area contributed by atoms with Gasteiger partial charge in [0.25, 0.3) is 0 Å². The van der Waals surface area contributed by atoms with E-state index in [1.807, 2.05) is 37.3 Å². The number of ether oxygens (including phenoxy) is 2. The van der Waals surface area contributed by atoms with E-state index in [-0.39, 0.29) is 24.2 Å². The van der Waals surface area contributed by atoms with Crippen molar-refractivity contribution in [2.75, 3.05) is 12.3 Å². The van der Waals surface area contributed by atoms with Gasteiger partial charge in [0.15, 0.2) is 5.78 Å². The lowest BCUT2D eigenvalue weighted by Crippen LogP contribution is -2.46. The molecule has 3 rings (SSSR count). The van der Waals surface area contributed by atoms with Crippen LogP contribution < -0.4 is 15.8 Å². The molecule has 6 heteroatoms. The molecule has 3 aromatic carbocycles. The van der Waals surface area contributed by atoms with Gasteiger partial charge >= 0.3 is 0 Å². The van der Waals surface area contributed by atoms with Gasteiger partial charge in [0, 0.05) is 17.2 Å². The molecule has 0 aliphatic rings. The van der Waals surface area contributed by atoms with Gasteiger partial charge in [0.2, 0.25) is 5.91 Å². The molecule has 2 atom stereocenters. The Morgan fingerprint density at radius 1 is 0.889 bits per heavy atom. The fourth-order valence-electron chi connectivity index (χ4n) is 3.87. The summed E-state index contributed by atoms with van der Waals surface area (Å²) < 4.78 is 11.7. The lowest BCUT2D eigenvalue weighted by Gasteiger charge is -2.22. The molecule has 0 radical (unpaired) electrons. The van der Waals surface area contributed by atoms with Gasteiger partial charge in [-0.25, -0.2) is 0 Å². The van der Waals surface area contributed by atoms with Crippen molar-refractivity contribution in [2.24, 2.45) is 5.92 Å². The summed E-state index contributed by atoms with van der Waals surface area (Å²) in [6, 6.07) is 23.0. The van der Waals surface area contributed by atoms with Crippen LogP contribution in [-0.2, 0) is 16.1 Å². The van der Waals surface area contributed by atoms with Crippen LogP contribution in [0.3, 0.4) is 0 Å². The molecule has 0 saturated carbocycles. The Morgan fingerprint density at radius 2 is 1.53 bits per heavy atom. The van der Waals surface area contributed by atoms with E-state index in [2.05, 4.69) is 12.2 Å². The minimum atomic E-state index is -0.777. The fraction of sp³-hybridized carbons (Fsp3) is 0.333. The Bertz CT molecular complexity index is 1080. The highest BCUT2D eigenvalue weighted by Crippen LogP contribution is 2.23. The second kappa shape index (κ2) is 14.0. The van der Waals surface area contributed by atoms with Crippen LogP contribution in [0.15, 0.2) is 78.9 Å². The van der Waals surface area contributed by atoms with Crippen molar-refractivity contribution in [3.05, 3.63) is 90.0 Å². The third-order valence-corrected chi connectivity index (χ3v) is 6.05. The van der Waals surface area contributed by atoms with E-state index < -0.39 is 6.04 Å². The highest BCUT2D eigenvalue weighted by atomic mass is 16.5. The summed E-state index contributed by atoms with van der Waals surface area (Å²) in [4.78, 5) is 26.4. The first-order valence-electron chi connectivity index (χ1n) is 12.6. The van der Waals surface area contributed by atoms with Crippen LogP contribution in [0.2, 0.25) is 0 Å². The van der Waals surface area contributed by atoms with Crippen LogP contribution >= 0.6 is 0 Å². The van der Waals surface area contributed by atoms with Crippen LogP contribution in [0, 0.1) is 5.92 Å². The summed E-state index contributed by atoms with van der Waals surface area (Å²) in [6.45, 7) is 4.56. The van der Waals surface area contributed by atoms with Crippen LogP contribution in [0.5, 0.6) is 11.5 Å². The van der Waals surface area contributed by atoms with Crippen LogP contribution in [0.4, 0.5) is 5.69 Å². The first-order chi connectivity index (χ1) is 17.5. The van der Waals surface area contributed by atoms with E-state index in [9.17, 15) is 9.59 Å². The van der Waals surface area contributed by atoms with E-state index in [0.29, 0.717) is 29.4 Å². The van der Waals surface area contributed by atoms with Crippen molar-refractivity contribution >= 4 is 17.4 Å². The Kier molecular flexibility index (Phi) is 10.5. The van der Waals surface area contributed by atoms with E-state index in [1.165, 1.54) is 0 Å². The number of rotatable bonds is 14. The minimum Gasteiger partial charge on any atom is -0.457 e. The van der Waals surface area contributed by atoms with Gasteiger partial charge in [0.05, 0.1) is 13.2 Å². The number of nitrogen functional groups attached to an aromatic ring is 1. The molecule has 3 aromatic rings. The van der Waals surface area contributed by atoms with Gasteiger partial charge in [-0.2, -0.15) is 0 Å². The minimum absolute atomic E-state index is 0.0906. The van der Waals surface area contributed by atoms with Crippen molar-refractivity contribution in [3.8, 4) is 11.5 Å². The standard InChI is InChI=1S/C30H36N2O4/c1-3-5-11-23(4-2)30(34)32-28(21-35-20-22-9-7-6-8-10-22)29(33)24-12-16-26(17-13-24)36-27-18-14-25(31)15-19-27/h6-10,12-19,23,28H,3-5,11,20-21,31H2,1-2H3,(H,32,34). The Balaban J connectivity index is 1.69. The van der Waals surface area contributed by atoms with Gasteiger partial charge in [-0.05, 0) is 66.9 Å². The van der Waals surface area contributed by atoms with Crippen LogP contribution in [0.1, 0.15) is 55.5 Å². The zero-order valence-corrected chi connectivity index (χ0v) is 21.1. The Morgan fingerprint density at radius 3 is 2.14 bits per heavy atom. The summed E-state index contributed by atoms with van der Waals surface area (Å²) in [5.74, 6) is 0.838. The molecule has 1 amide bonds. The van der Waals surface area contributed by atoms with Gasteiger partial charge < -0.3 is 20.5 Å². The summed E-state index contributed by atoms with van der Waals surface area (Å²) >= 11 is 0. The Hall–Kier alpha value is -3.64. The molecule has 0 aliphatic heterocycles. The quantitative estimate of drug-likeness (QED) is 0.209. The second-order valence-electron chi connectivity index (χ2n) is 8.87. The first-order valence-corrected chi connectivity index (χ1v) is 12.6. The molecule has 3 N–H and O–H groups in total. The number of nitrogens with two attached hydrogens (primary N) is 1. The number of benzene rings is 3. The molecule has 0 fully saturated rings. The number of hydrogen-bond acceptors (Lipinski definition) is 5. The molecule has 0 saturated heterocycles. The fourth-order valence-corrected chi connectivity index (χ4v) is 3.87. The average Bonchev–Trinajstić information content (AvgIpc) is 2.90. The normalized spacial score (nSPS) is 12.5. The van der Waals surface area contributed by atoms with E-state index in [4.69, 9.17) is 15.2 Å². The lowest BCUT2D eigenvalue weighted by atomic mass is 9.97. The molecule has 2 unspecified atom stereocenters. The number of hydrogen-bond donors (Lipinski definition) is 2. The first kappa shape index (κ1) is 27.0. The number of anilines is 1. The van der Waals surface area contributed by atoms with Crippen molar-refractivity contribution in [1.29, 1.82) is 0 Å². The number of carbonyl (C=O) groups excluding carboxylic acids is 2. The molecule has 190 valence electrons. The van der Waals surface area contributed by atoms with Crippen molar-refractivity contribution in [2.45, 2.75) is 52.2 Å². The molecule has 0 aromatic heterocycles. The molecular weight excluding hydrogens is 452 g/mol. The summed E-state index contributed by atoms with van der Waals surface area (Å²) in [5.41, 5.74) is 7.87. The number of amides is 1. The summed E-state index contributed by atoms with van der Waals surface area (Å²) in [6.07, 6.45) is 3.54. The molecule has 0 heterocycles. The number of carbonyl (C=O) groups is 2. The maximum Gasteiger partial charge on any atom is 0.223 e. The van der Waals surface area contributed by atoms with Crippen LogP contribution in [-0.4, -0.2) is 24.3 Å². The third kappa shape index (κ3) is 8.24. The number of nitrogens with one attached hydrogen (secondary N) is 1. The van der Waals surface area contributed by atoms with E-state index in [0.717, 1.165) is 31.2 Å². The molecular formula is C30H36N2O4. The zero-order chi connectivity index (χ0) is 25.8. The molecule has 0 spiro atoms. The highest BCUT2D eigenvalue weighted by Gasteiger charge is 2.26.